The van der Waals surface area contributed by atoms with Crippen LogP contribution in [0.3, 0.4) is 0 Å². The van der Waals surface area contributed by atoms with Crippen LogP contribution in [0.5, 0.6) is 0 Å². The molecule has 1 aliphatic rings. The summed E-state index contributed by atoms with van der Waals surface area (Å²) in [7, 11) is -3.60. The van der Waals surface area contributed by atoms with Crippen LogP contribution in [0.15, 0.2) is 57.9 Å². The number of nitrogens with one attached hydrogen (secondary N) is 2. The predicted octanol–water partition coefficient (Wildman–Crippen LogP) is 3.03. The minimum Gasteiger partial charge on any atom is -0.320 e. The van der Waals surface area contributed by atoms with E-state index in [1.807, 2.05) is 24.3 Å². The van der Waals surface area contributed by atoms with Crippen molar-refractivity contribution in [2.75, 3.05) is 5.32 Å². The van der Waals surface area contributed by atoms with Crippen molar-refractivity contribution in [2.24, 2.45) is 0 Å². The summed E-state index contributed by atoms with van der Waals surface area (Å²) in [5.41, 5.74) is 1.86. The molecule has 0 saturated heterocycles. The molecule has 1 aliphatic carbocycles. The van der Waals surface area contributed by atoms with Crippen LogP contribution in [0.2, 0.25) is 0 Å². The lowest BCUT2D eigenvalue weighted by atomic mass is 10.2. The van der Waals surface area contributed by atoms with Crippen LogP contribution in [-0.2, 0) is 10.0 Å². The van der Waals surface area contributed by atoms with E-state index in [9.17, 15) is 13.2 Å². The molecule has 2 N–H and O–H groups in total. The Morgan fingerprint density at radius 1 is 1.17 bits per heavy atom. The zero-order valence-electron chi connectivity index (χ0n) is 15.5. The zero-order chi connectivity index (χ0) is 20.6. The smallest absolute Gasteiger partial charge is 0.278 e. The number of carbonyl (C=O) groups excluding carboxylic acids is 1. The van der Waals surface area contributed by atoms with Crippen LogP contribution in [0.25, 0.3) is 5.69 Å². The lowest BCUT2D eigenvalue weighted by Gasteiger charge is -2.09. The minimum atomic E-state index is -3.60. The quantitative estimate of drug-likeness (QED) is 0.569. The summed E-state index contributed by atoms with van der Waals surface area (Å²) in [6, 6.07) is 13.6. The lowest BCUT2D eigenvalue weighted by Crippen LogP contribution is -2.25. The summed E-state index contributed by atoms with van der Waals surface area (Å²) >= 11 is 3.41. The number of hydrogen-bond donors (Lipinski definition) is 2. The third kappa shape index (κ3) is 4.39. The maximum atomic E-state index is 12.7. The number of rotatable bonds is 6. The molecule has 1 fully saturated rings. The Bertz CT molecular complexity index is 1190. The molecule has 10 heteroatoms. The van der Waals surface area contributed by atoms with Gasteiger partial charge in [0.05, 0.1) is 16.3 Å². The van der Waals surface area contributed by atoms with E-state index < -0.39 is 15.9 Å². The van der Waals surface area contributed by atoms with Crippen LogP contribution in [0.4, 0.5) is 5.69 Å². The third-order valence-corrected chi connectivity index (χ3v) is 6.48. The second-order valence-corrected chi connectivity index (χ2v) is 9.42. The average molecular weight is 476 g/mol. The highest BCUT2D eigenvalue weighted by Crippen LogP contribution is 2.24. The standard InChI is InChI=1S/C19H18BrN5O3S/c1-12-18(22-24-25(12)16-6-2-4-13(20)10-16)19(26)21-15-5-3-7-17(11-15)29(27,28)23-14-8-9-14/h2-7,10-11,14,23H,8-9H2,1H3,(H,21,26). The summed E-state index contributed by atoms with van der Waals surface area (Å²) in [4.78, 5) is 12.8. The Labute approximate surface area is 176 Å². The van der Waals surface area contributed by atoms with E-state index in [0.29, 0.717) is 11.4 Å². The molecular formula is C19H18BrN5O3S. The van der Waals surface area contributed by atoms with E-state index in [2.05, 4.69) is 36.3 Å². The Balaban J connectivity index is 1.55. The number of nitrogens with zero attached hydrogens (tertiary/aromatic N) is 3. The molecule has 0 atom stereocenters. The van der Waals surface area contributed by atoms with Crippen molar-refractivity contribution in [1.82, 2.24) is 19.7 Å². The van der Waals surface area contributed by atoms with Gasteiger partial charge in [0, 0.05) is 16.2 Å². The molecule has 29 heavy (non-hydrogen) atoms. The molecule has 0 aliphatic heterocycles. The first-order valence-corrected chi connectivity index (χ1v) is 11.2. The number of amides is 1. The van der Waals surface area contributed by atoms with Gasteiger partial charge in [-0.05, 0) is 56.2 Å². The van der Waals surface area contributed by atoms with E-state index in [1.165, 1.54) is 12.1 Å². The summed E-state index contributed by atoms with van der Waals surface area (Å²) in [5, 5.41) is 10.8. The average Bonchev–Trinajstić information content (AvgIpc) is 3.39. The van der Waals surface area contributed by atoms with Gasteiger partial charge in [-0.3, -0.25) is 4.79 Å². The zero-order valence-corrected chi connectivity index (χ0v) is 17.9. The molecule has 8 nitrogen and oxygen atoms in total. The number of hydrogen-bond acceptors (Lipinski definition) is 5. The summed E-state index contributed by atoms with van der Waals surface area (Å²) in [5.74, 6) is -0.464. The fraction of sp³-hybridized carbons (Fsp3) is 0.211. The number of sulfonamides is 1. The number of aromatic nitrogens is 3. The summed E-state index contributed by atoms with van der Waals surface area (Å²) < 4.78 is 29.8. The molecule has 0 radical (unpaired) electrons. The number of anilines is 1. The maximum Gasteiger partial charge on any atom is 0.278 e. The van der Waals surface area contributed by atoms with E-state index >= 15 is 0 Å². The van der Waals surface area contributed by atoms with E-state index in [1.54, 1.807) is 23.7 Å². The summed E-state index contributed by atoms with van der Waals surface area (Å²) in [6.45, 7) is 1.75. The van der Waals surface area contributed by atoms with Gasteiger partial charge in [-0.2, -0.15) is 0 Å². The van der Waals surface area contributed by atoms with Gasteiger partial charge in [-0.15, -0.1) is 5.10 Å². The monoisotopic (exact) mass is 475 g/mol. The molecule has 4 rings (SSSR count). The SMILES string of the molecule is Cc1c(C(=O)Nc2cccc(S(=O)(=O)NC3CC3)c2)nnn1-c1cccc(Br)c1. The molecule has 1 saturated carbocycles. The van der Waals surface area contributed by atoms with Gasteiger partial charge < -0.3 is 5.32 Å². The molecule has 150 valence electrons. The third-order valence-electron chi connectivity index (χ3n) is 4.46. The van der Waals surface area contributed by atoms with E-state index in [0.717, 1.165) is 23.0 Å². The molecule has 2 aromatic carbocycles. The van der Waals surface area contributed by atoms with Crippen LogP contribution in [0, 0.1) is 6.92 Å². The van der Waals surface area contributed by atoms with Crippen molar-refractivity contribution in [3.8, 4) is 5.69 Å². The van der Waals surface area contributed by atoms with Crippen molar-refractivity contribution >= 4 is 37.5 Å². The largest absolute Gasteiger partial charge is 0.320 e. The molecule has 3 aromatic rings. The number of carbonyl (C=O) groups is 1. The van der Waals surface area contributed by atoms with Crippen molar-refractivity contribution in [2.45, 2.75) is 30.7 Å². The van der Waals surface area contributed by atoms with Gasteiger partial charge in [-0.1, -0.05) is 33.3 Å². The van der Waals surface area contributed by atoms with Gasteiger partial charge in [0.2, 0.25) is 10.0 Å². The second-order valence-electron chi connectivity index (χ2n) is 6.79. The highest BCUT2D eigenvalue weighted by atomic mass is 79.9. The Morgan fingerprint density at radius 2 is 1.93 bits per heavy atom. The molecular weight excluding hydrogens is 458 g/mol. The maximum absolute atomic E-state index is 12.7. The predicted molar refractivity (Wildman–Crippen MR) is 112 cm³/mol. The van der Waals surface area contributed by atoms with Gasteiger partial charge in [-0.25, -0.2) is 17.8 Å². The molecule has 1 aromatic heterocycles. The van der Waals surface area contributed by atoms with Gasteiger partial charge in [0.15, 0.2) is 5.69 Å². The highest BCUT2D eigenvalue weighted by molar-refractivity contribution is 9.10. The van der Waals surface area contributed by atoms with Crippen molar-refractivity contribution in [3.05, 3.63) is 64.4 Å². The first kappa shape index (κ1) is 19.7. The van der Waals surface area contributed by atoms with E-state index in [4.69, 9.17) is 0 Å². The molecule has 0 spiro atoms. The Morgan fingerprint density at radius 3 is 2.66 bits per heavy atom. The van der Waals surface area contributed by atoms with Crippen molar-refractivity contribution in [3.63, 3.8) is 0 Å². The van der Waals surface area contributed by atoms with Crippen LogP contribution in [0.1, 0.15) is 29.0 Å². The number of benzene rings is 2. The van der Waals surface area contributed by atoms with Gasteiger partial charge >= 0.3 is 0 Å². The molecule has 1 heterocycles. The molecule has 1 amide bonds. The fourth-order valence-corrected chi connectivity index (χ4v) is 4.55. The van der Waals surface area contributed by atoms with Crippen molar-refractivity contribution in [1.29, 1.82) is 0 Å². The van der Waals surface area contributed by atoms with E-state index in [-0.39, 0.29) is 16.6 Å². The highest BCUT2D eigenvalue weighted by Gasteiger charge is 2.28. The Kier molecular flexibility index (Phi) is 5.24. The fourth-order valence-electron chi connectivity index (χ4n) is 2.81. The minimum absolute atomic E-state index is 0.00830. The number of halogens is 1. The molecule has 0 bridgehead atoms. The second kappa shape index (κ2) is 7.69. The van der Waals surface area contributed by atoms with Crippen LogP contribution < -0.4 is 10.0 Å². The van der Waals surface area contributed by atoms with Crippen molar-refractivity contribution < 1.29 is 13.2 Å². The topological polar surface area (TPSA) is 106 Å². The summed E-state index contributed by atoms with van der Waals surface area (Å²) in [6.07, 6.45) is 1.70. The Hall–Kier alpha value is -2.56. The lowest BCUT2D eigenvalue weighted by molar-refractivity contribution is 0.102. The normalized spacial score (nSPS) is 14.0. The molecule has 0 unspecified atom stereocenters. The van der Waals surface area contributed by atoms with Crippen LogP contribution in [-0.4, -0.2) is 35.4 Å². The first-order valence-electron chi connectivity index (χ1n) is 8.95. The van der Waals surface area contributed by atoms with Crippen LogP contribution >= 0.6 is 15.9 Å². The first-order chi connectivity index (χ1) is 13.8. The van der Waals surface area contributed by atoms with Gasteiger partial charge in [0.25, 0.3) is 5.91 Å². The van der Waals surface area contributed by atoms with Gasteiger partial charge in [0.1, 0.15) is 0 Å².